The van der Waals surface area contributed by atoms with Crippen LogP contribution in [0.1, 0.15) is 29.1 Å². The fraction of sp³-hybridized carbons (Fsp3) is 0.143. The monoisotopic (exact) mass is 391 g/mol. The Balaban J connectivity index is 0.00000109. The van der Waals surface area contributed by atoms with Crippen LogP contribution in [0.3, 0.4) is 0 Å². The van der Waals surface area contributed by atoms with E-state index in [1.54, 1.807) is 30.9 Å². The van der Waals surface area contributed by atoms with Crippen LogP contribution < -0.4 is 11.1 Å². The van der Waals surface area contributed by atoms with E-state index in [2.05, 4.69) is 20.3 Å². The summed E-state index contributed by atoms with van der Waals surface area (Å²) in [4.78, 5) is 26.6. The van der Waals surface area contributed by atoms with Gasteiger partial charge in [0.25, 0.3) is 5.91 Å². The van der Waals surface area contributed by atoms with Crippen molar-refractivity contribution < 1.29 is 4.79 Å². The molecule has 6 nitrogen and oxygen atoms in total. The van der Waals surface area contributed by atoms with Gasteiger partial charge in [0, 0.05) is 41.4 Å². The molecular weight excluding hydrogens is 370 g/mol. The SMILES string of the molecule is CC.Cc1cnccc1NC(=O)c1sc2nc(-c3cccnc3)ccc2c1N. The Labute approximate surface area is 167 Å². The highest BCUT2D eigenvalue weighted by molar-refractivity contribution is 7.21. The molecule has 4 aromatic rings. The van der Waals surface area contributed by atoms with Crippen LogP contribution in [-0.2, 0) is 0 Å². The lowest BCUT2D eigenvalue weighted by Crippen LogP contribution is -2.12. The van der Waals surface area contributed by atoms with Crippen molar-refractivity contribution in [2.75, 3.05) is 11.1 Å². The molecule has 0 atom stereocenters. The maximum absolute atomic E-state index is 12.7. The van der Waals surface area contributed by atoms with Crippen LogP contribution in [0.4, 0.5) is 11.4 Å². The van der Waals surface area contributed by atoms with Gasteiger partial charge in [-0.25, -0.2) is 4.98 Å². The van der Waals surface area contributed by atoms with Crippen molar-refractivity contribution >= 4 is 38.8 Å². The molecule has 0 unspecified atom stereocenters. The van der Waals surface area contributed by atoms with E-state index >= 15 is 0 Å². The average molecular weight is 392 g/mol. The maximum atomic E-state index is 12.7. The second-order valence-electron chi connectivity index (χ2n) is 5.78. The summed E-state index contributed by atoms with van der Waals surface area (Å²) in [5.74, 6) is -0.247. The number of aryl methyl sites for hydroxylation is 1. The van der Waals surface area contributed by atoms with Crippen LogP contribution in [0.2, 0.25) is 0 Å². The summed E-state index contributed by atoms with van der Waals surface area (Å²) < 4.78 is 0. The first-order valence-electron chi connectivity index (χ1n) is 8.95. The van der Waals surface area contributed by atoms with Crippen molar-refractivity contribution in [2.45, 2.75) is 20.8 Å². The van der Waals surface area contributed by atoms with E-state index in [0.717, 1.165) is 27.0 Å². The van der Waals surface area contributed by atoms with E-state index < -0.39 is 0 Å². The average Bonchev–Trinajstić information content (AvgIpc) is 3.08. The molecule has 7 heteroatoms. The molecule has 0 aliphatic rings. The number of amides is 1. The van der Waals surface area contributed by atoms with Crippen molar-refractivity contribution in [3.8, 4) is 11.3 Å². The van der Waals surface area contributed by atoms with Crippen molar-refractivity contribution in [2.24, 2.45) is 0 Å². The number of fused-ring (bicyclic) bond motifs is 1. The molecule has 0 saturated heterocycles. The third kappa shape index (κ3) is 3.84. The molecule has 0 aliphatic heterocycles. The number of carbonyl (C=O) groups is 1. The summed E-state index contributed by atoms with van der Waals surface area (Å²) in [6.45, 7) is 5.89. The largest absolute Gasteiger partial charge is 0.397 e. The normalized spacial score (nSPS) is 10.2. The number of hydrogen-bond acceptors (Lipinski definition) is 6. The van der Waals surface area contributed by atoms with Gasteiger partial charge in [0.1, 0.15) is 9.71 Å². The van der Waals surface area contributed by atoms with E-state index in [0.29, 0.717) is 16.3 Å². The minimum Gasteiger partial charge on any atom is -0.397 e. The maximum Gasteiger partial charge on any atom is 0.267 e. The van der Waals surface area contributed by atoms with Gasteiger partial charge in [-0.2, -0.15) is 0 Å². The Bertz CT molecular complexity index is 1110. The molecule has 0 radical (unpaired) electrons. The first kappa shape index (κ1) is 19.4. The van der Waals surface area contributed by atoms with Crippen LogP contribution >= 0.6 is 11.3 Å². The van der Waals surface area contributed by atoms with Crippen molar-refractivity contribution in [3.63, 3.8) is 0 Å². The lowest BCUT2D eigenvalue weighted by molar-refractivity contribution is 0.103. The van der Waals surface area contributed by atoms with Gasteiger partial charge in [0.05, 0.1) is 11.4 Å². The first-order valence-corrected chi connectivity index (χ1v) is 9.76. The molecular formula is C21H21N5OS. The zero-order valence-electron chi connectivity index (χ0n) is 15.9. The molecule has 3 N–H and O–H groups in total. The third-order valence-corrected chi connectivity index (χ3v) is 5.14. The second-order valence-corrected chi connectivity index (χ2v) is 6.78. The van der Waals surface area contributed by atoms with Crippen molar-refractivity contribution in [1.82, 2.24) is 15.0 Å². The lowest BCUT2D eigenvalue weighted by atomic mass is 10.1. The highest BCUT2D eigenvalue weighted by Gasteiger charge is 2.18. The molecule has 0 spiro atoms. The quantitative estimate of drug-likeness (QED) is 0.517. The number of nitrogens with two attached hydrogens (primary N) is 1. The Kier molecular flexibility index (Phi) is 5.96. The second kappa shape index (κ2) is 8.58. The summed E-state index contributed by atoms with van der Waals surface area (Å²) in [7, 11) is 0. The topological polar surface area (TPSA) is 93.8 Å². The fourth-order valence-corrected chi connectivity index (χ4v) is 3.62. The van der Waals surface area contributed by atoms with Gasteiger partial charge >= 0.3 is 0 Å². The Morgan fingerprint density at radius 2 is 1.86 bits per heavy atom. The van der Waals surface area contributed by atoms with Gasteiger partial charge in [-0.05, 0) is 42.8 Å². The smallest absolute Gasteiger partial charge is 0.267 e. The lowest BCUT2D eigenvalue weighted by Gasteiger charge is -2.06. The van der Waals surface area contributed by atoms with E-state index in [1.165, 1.54) is 11.3 Å². The summed E-state index contributed by atoms with van der Waals surface area (Å²) in [5, 5.41) is 3.67. The molecule has 142 valence electrons. The number of nitrogens with zero attached hydrogens (tertiary/aromatic N) is 3. The van der Waals surface area contributed by atoms with Gasteiger partial charge < -0.3 is 11.1 Å². The van der Waals surface area contributed by atoms with Gasteiger partial charge in [-0.3, -0.25) is 14.8 Å². The van der Waals surface area contributed by atoms with E-state index in [4.69, 9.17) is 5.73 Å². The molecule has 4 heterocycles. The molecule has 0 aliphatic carbocycles. The molecule has 28 heavy (non-hydrogen) atoms. The van der Waals surface area contributed by atoms with Crippen molar-refractivity contribution in [1.29, 1.82) is 0 Å². The number of rotatable bonds is 3. The van der Waals surface area contributed by atoms with Crippen LogP contribution in [-0.4, -0.2) is 20.9 Å². The number of thiophene rings is 1. The van der Waals surface area contributed by atoms with Crippen LogP contribution in [0, 0.1) is 6.92 Å². The van der Waals surface area contributed by atoms with E-state index in [-0.39, 0.29) is 5.91 Å². The fourth-order valence-electron chi connectivity index (χ4n) is 2.63. The van der Waals surface area contributed by atoms with Crippen LogP contribution in [0.25, 0.3) is 21.5 Å². The number of hydrogen-bond donors (Lipinski definition) is 2. The zero-order chi connectivity index (χ0) is 20.1. The highest BCUT2D eigenvalue weighted by atomic mass is 32.1. The summed E-state index contributed by atoms with van der Waals surface area (Å²) in [5.41, 5.74) is 9.96. The number of pyridine rings is 3. The summed E-state index contributed by atoms with van der Waals surface area (Å²) in [6.07, 6.45) is 6.81. The molecule has 4 rings (SSSR count). The predicted octanol–water partition coefficient (Wildman–Crippen LogP) is 4.92. The van der Waals surface area contributed by atoms with Gasteiger partial charge in [-0.15, -0.1) is 11.3 Å². The van der Waals surface area contributed by atoms with Crippen LogP contribution in [0.15, 0.2) is 55.1 Å². The molecule has 0 bridgehead atoms. The van der Waals surface area contributed by atoms with Crippen molar-refractivity contribution in [3.05, 3.63) is 65.6 Å². The molecule has 0 aromatic carbocycles. The molecule has 0 saturated carbocycles. The summed E-state index contributed by atoms with van der Waals surface area (Å²) in [6, 6.07) is 9.34. The number of aromatic nitrogens is 3. The molecule has 4 aromatic heterocycles. The van der Waals surface area contributed by atoms with Gasteiger partial charge in [0.2, 0.25) is 0 Å². The standard InChI is InChI=1S/C19H15N5OS.C2H6/c1-11-9-22-8-6-14(11)23-18(25)17-16(20)13-4-5-15(24-19(13)26-17)12-3-2-7-21-10-12;1-2/h2-10H,20H2,1H3,(H,22,23,25);1-2H3. The third-order valence-electron chi connectivity index (χ3n) is 4.03. The minimum absolute atomic E-state index is 0.247. The van der Waals surface area contributed by atoms with E-state index in [1.807, 2.05) is 45.0 Å². The highest BCUT2D eigenvalue weighted by Crippen LogP contribution is 2.34. The van der Waals surface area contributed by atoms with E-state index in [9.17, 15) is 4.79 Å². The predicted molar refractivity (Wildman–Crippen MR) is 116 cm³/mol. The number of carbonyl (C=O) groups excluding carboxylic acids is 1. The number of nitrogen functional groups attached to an aromatic ring is 1. The number of anilines is 2. The summed E-state index contributed by atoms with van der Waals surface area (Å²) >= 11 is 1.28. The Hall–Kier alpha value is -3.32. The van der Waals surface area contributed by atoms with Gasteiger partial charge in [-0.1, -0.05) is 13.8 Å². The number of nitrogens with one attached hydrogen (secondary N) is 1. The Morgan fingerprint density at radius 3 is 2.57 bits per heavy atom. The first-order chi connectivity index (χ1) is 13.6. The molecule has 0 fully saturated rings. The van der Waals surface area contributed by atoms with Crippen LogP contribution in [0.5, 0.6) is 0 Å². The molecule has 1 amide bonds. The zero-order valence-corrected chi connectivity index (χ0v) is 16.7. The minimum atomic E-state index is -0.247. The van der Waals surface area contributed by atoms with Gasteiger partial charge in [0.15, 0.2) is 0 Å². The Morgan fingerprint density at radius 1 is 1.07 bits per heavy atom.